The number of nitrogens with one attached hydrogen (secondary N) is 1. The highest BCUT2D eigenvalue weighted by Crippen LogP contribution is 2.29. The fourth-order valence-corrected chi connectivity index (χ4v) is 1.76. The van der Waals surface area contributed by atoms with Crippen LogP contribution in [0.15, 0.2) is 18.2 Å². The van der Waals surface area contributed by atoms with Crippen molar-refractivity contribution in [3.8, 4) is 11.5 Å². The van der Waals surface area contributed by atoms with Gasteiger partial charge < -0.3 is 24.6 Å². The Balaban J connectivity index is 3.02. The van der Waals surface area contributed by atoms with Crippen molar-refractivity contribution >= 4 is 11.9 Å². The lowest BCUT2D eigenvalue weighted by atomic mass is 10.0. The van der Waals surface area contributed by atoms with Crippen molar-refractivity contribution in [1.29, 1.82) is 0 Å². The van der Waals surface area contributed by atoms with E-state index >= 15 is 0 Å². The highest BCUT2D eigenvalue weighted by Gasteiger charge is 2.35. The summed E-state index contributed by atoms with van der Waals surface area (Å²) in [5, 5.41) is 11.5. The van der Waals surface area contributed by atoms with E-state index in [0.29, 0.717) is 0 Å². The van der Waals surface area contributed by atoms with Crippen molar-refractivity contribution in [2.75, 3.05) is 20.8 Å². The Bertz CT molecular complexity index is 580. The molecular weight excluding hydrogens is 316 g/mol. The summed E-state index contributed by atoms with van der Waals surface area (Å²) in [7, 11) is 2.52. The smallest absolute Gasteiger partial charge is 0.387 e. The quantitative estimate of drug-likeness (QED) is 0.749. The second-order valence-corrected chi connectivity index (χ2v) is 4.77. The Morgan fingerprint density at radius 1 is 1.30 bits per heavy atom. The highest BCUT2D eigenvalue weighted by atomic mass is 19.3. The van der Waals surface area contributed by atoms with Crippen molar-refractivity contribution in [2.45, 2.75) is 19.1 Å². The van der Waals surface area contributed by atoms with Crippen LogP contribution in [0.4, 0.5) is 8.78 Å². The summed E-state index contributed by atoms with van der Waals surface area (Å²) in [4.78, 5) is 23.4. The molecule has 1 unspecified atom stereocenters. The molecule has 1 rings (SSSR count). The number of carboxylic acid groups (broad SMARTS) is 1. The zero-order valence-electron chi connectivity index (χ0n) is 12.8. The third-order valence-electron chi connectivity index (χ3n) is 2.94. The molecule has 1 amide bonds. The van der Waals surface area contributed by atoms with Crippen LogP contribution in [0.3, 0.4) is 0 Å². The first-order valence-corrected chi connectivity index (χ1v) is 6.41. The van der Waals surface area contributed by atoms with Gasteiger partial charge in [0.2, 0.25) is 0 Å². The Hall–Kier alpha value is -2.42. The topological polar surface area (TPSA) is 94.1 Å². The van der Waals surface area contributed by atoms with Crippen LogP contribution in [0, 0.1) is 0 Å². The third kappa shape index (κ3) is 4.78. The Morgan fingerprint density at radius 2 is 1.96 bits per heavy atom. The molecule has 0 aromatic heterocycles. The van der Waals surface area contributed by atoms with Crippen LogP contribution in [0.25, 0.3) is 0 Å². The number of carboxylic acids is 1. The molecular formula is C14H17F2NO6. The number of carbonyl (C=O) groups is 2. The molecule has 0 fully saturated rings. The predicted molar refractivity (Wildman–Crippen MR) is 75.0 cm³/mol. The molecule has 7 nitrogen and oxygen atoms in total. The molecule has 23 heavy (non-hydrogen) atoms. The third-order valence-corrected chi connectivity index (χ3v) is 2.94. The van der Waals surface area contributed by atoms with Crippen LogP contribution >= 0.6 is 0 Å². The number of halogens is 2. The molecule has 0 aliphatic rings. The molecule has 9 heteroatoms. The van der Waals surface area contributed by atoms with Crippen LogP contribution in [0.5, 0.6) is 11.5 Å². The number of rotatable bonds is 8. The number of aliphatic carboxylic acids is 1. The lowest BCUT2D eigenvalue weighted by molar-refractivity contribution is -0.145. The molecule has 0 aliphatic heterocycles. The standard InChI is InChI=1S/C14H17F2NO6/c1-14(7-21-2,12(19)20)17-11(18)8-4-5-9(23-13(15)16)10(6-8)22-3/h4-6,13H,7H2,1-3H3,(H,17,18)(H,19,20). The van der Waals surface area contributed by atoms with Gasteiger partial charge in [-0.15, -0.1) is 0 Å². The molecule has 0 saturated carbocycles. The van der Waals surface area contributed by atoms with Crippen molar-refractivity contribution in [1.82, 2.24) is 5.32 Å². The summed E-state index contributed by atoms with van der Waals surface area (Å²) in [6.45, 7) is -2.01. The monoisotopic (exact) mass is 333 g/mol. The minimum absolute atomic E-state index is 0.0204. The fourth-order valence-electron chi connectivity index (χ4n) is 1.76. The van der Waals surface area contributed by atoms with Gasteiger partial charge in [0.25, 0.3) is 5.91 Å². The molecule has 0 radical (unpaired) electrons. The number of carbonyl (C=O) groups excluding carboxylic acids is 1. The van der Waals surface area contributed by atoms with E-state index < -0.39 is 24.0 Å². The van der Waals surface area contributed by atoms with Crippen molar-refractivity contribution < 1.29 is 37.7 Å². The Morgan fingerprint density at radius 3 is 2.43 bits per heavy atom. The number of hydrogen-bond acceptors (Lipinski definition) is 5. The molecule has 2 N–H and O–H groups in total. The molecule has 0 heterocycles. The van der Waals surface area contributed by atoms with E-state index in [9.17, 15) is 23.5 Å². The zero-order valence-corrected chi connectivity index (χ0v) is 12.8. The fraction of sp³-hybridized carbons (Fsp3) is 0.429. The first-order chi connectivity index (χ1) is 10.7. The van der Waals surface area contributed by atoms with Crippen LogP contribution < -0.4 is 14.8 Å². The summed E-state index contributed by atoms with van der Waals surface area (Å²) in [6, 6.07) is 3.51. The molecule has 128 valence electrons. The number of alkyl halides is 2. The molecule has 0 bridgehead atoms. The number of methoxy groups -OCH3 is 2. The first-order valence-electron chi connectivity index (χ1n) is 6.41. The second-order valence-electron chi connectivity index (χ2n) is 4.77. The van der Waals surface area contributed by atoms with Crippen LogP contribution in [-0.2, 0) is 9.53 Å². The maximum atomic E-state index is 12.3. The summed E-state index contributed by atoms with van der Waals surface area (Å²) < 4.78 is 38.4. The second kappa shape index (κ2) is 7.73. The average Bonchev–Trinajstić information content (AvgIpc) is 2.46. The summed E-state index contributed by atoms with van der Waals surface area (Å²) in [5.41, 5.74) is -1.62. The van der Waals surface area contributed by atoms with Gasteiger partial charge in [-0.1, -0.05) is 0 Å². The minimum Gasteiger partial charge on any atom is -0.493 e. The van der Waals surface area contributed by atoms with Gasteiger partial charge in [0.1, 0.15) is 0 Å². The van der Waals surface area contributed by atoms with Gasteiger partial charge in [-0.25, -0.2) is 4.79 Å². The van der Waals surface area contributed by atoms with Crippen LogP contribution in [-0.4, -0.2) is 50.0 Å². The molecule has 1 aromatic rings. The number of benzene rings is 1. The van der Waals surface area contributed by atoms with Gasteiger partial charge in [-0.2, -0.15) is 8.78 Å². The molecule has 0 spiro atoms. The van der Waals surface area contributed by atoms with Gasteiger partial charge in [0, 0.05) is 12.7 Å². The summed E-state index contributed by atoms with van der Waals surface area (Å²) in [6.07, 6.45) is 0. The minimum atomic E-state index is -3.04. The number of hydrogen-bond donors (Lipinski definition) is 2. The van der Waals surface area contributed by atoms with E-state index in [1.165, 1.54) is 33.3 Å². The molecule has 1 atom stereocenters. The first kappa shape index (κ1) is 18.6. The van der Waals surface area contributed by atoms with E-state index in [1.54, 1.807) is 0 Å². The van der Waals surface area contributed by atoms with Crippen molar-refractivity contribution in [2.24, 2.45) is 0 Å². The zero-order chi connectivity index (χ0) is 17.6. The van der Waals surface area contributed by atoms with E-state index in [-0.39, 0.29) is 23.7 Å². The van der Waals surface area contributed by atoms with Gasteiger partial charge >= 0.3 is 12.6 Å². The summed E-state index contributed by atoms with van der Waals surface area (Å²) >= 11 is 0. The van der Waals surface area contributed by atoms with Crippen LogP contribution in [0.2, 0.25) is 0 Å². The van der Waals surface area contributed by atoms with E-state index in [4.69, 9.17) is 9.47 Å². The number of ether oxygens (including phenoxy) is 3. The molecule has 0 aliphatic carbocycles. The SMILES string of the molecule is COCC(C)(NC(=O)c1ccc(OC(F)F)c(OC)c1)C(=O)O. The van der Waals surface area contributed by atoms with E-state index in [0.717, 1.165) is 6.07 Å². The predicted octanol–water partition coefficient (Wildman–Crippen LogP) is 1.52. The normalized spacial score (nSPS) is 13.3. The lowest BCUT2D eigenvalue weighted by Crippen LogP contribution is -2.55. The Kier molecular flexibility index (Phi) is 6.26. The van der Waals surface area contributed by atoms with Gasteiger partial charge in [0.15, 0.2) is 17.0 Å². The highest BCUT2D eigenvalue weighted by molar-refractivity contribution is 5.98. The van der Waals surface area contributed by atoms with Crippen molar-refractivity contribution in [3.05, 3.63) is 23.8 Å². The molecule has 0 saturated heterocycles. The van der Waals surface area contributed by atoms with Crippen molar-refractivity contribution in [3.63, 3.8) is 0 Å². The summed E-state index contributed by atoms with van der Waals surface area (Å²) in [5.74, 6) is -2.33. The Labute approximate surface area is 131 Å². The van der Waals surface area contributed by atoms with E-state index in [1.807, 2.05) is 0 Å². The molecule has 1 aromatic carbocycles. The maximum Gasteiger partial charge on any atom is 0.387 e. The largest absolute Gasteiger partial charge is 0.493 e. The maximum absolute atomic E-state index is 12.3. The van der Waals surface area contributed by atoms with Gasteiger partial charge in [0.05, 0.1) is 13.7 Å². The lowest BCUT2D eigenvalue weighted by Gasteiger charge is -2.25. The van der Waals surface area contributed by atoms with E-state index in [2.05, 4.69) is 10.1 Å². The number of amides is 1. The van der Waals surface area contributed by atoms with Gasteiger partial charge in [-0.3, -0.25) is 4.79 Å². The average molecular weight is 333 g/mol. The van der Waals surface area contributed by atoms with Crippen LogP contribution in [0.1, 0.15) is 17.3 Å². The van der Waals surface area contributed by atoms with Gasteiger partial charge in [-0.05, 0) is 25.1 Å².